The van der Waals surface area contributed by atoms with Crippen molar-refractivity contribution in [2.75, 3.05) is 18.4 Å². The topological polar surface area (TPSA) is 61.9 Å². The minimum atomic E-state index is 0.460. The summed E-state index contributed by atoms with van der Waals surface area (Å²) in [7, 11) is 0. The molecule has 2 unspecified atom stereocenters. The molecular formula is C7H12ClN5S. The van der Waals surface area contributed by atoms with E-state index in [1.807, 2.05) is 0 Å². The van der Waals surface area contributed by atoms with Crippen LogP contribution in [0.2, 0.25) is 5.15 Å². The van der Waals surface area contributed by atoms with E-state index in [0.717, 1.165) is 24.8 Å². The number of hydrazine groups is 1. The van der Waals surface area contributed by atoms with E-state index >= 15 is 0 Å². The van der Waals surface area contributed by atoms with Gasteiger partial charge in [-0.3, -0.25) is 10.9 Å². The summed E-state index contributed by atoms with van der Waals surface area (Å²) in [6.45, 7) is 3.96. The third kappa shape index (κ3) is 2.14. The van der Waals surface area contributed by atoms with Gasteiger partial charge in [0.15, 0.2) is 11.0 Å². The molecule has 0 aliphatic carbocycles. The van der Waals surface area contributed by atoms with Crippen LogP contribution in [0.5, 0.6) is 0 Å². The van der Waals surface area contributed by atoms with E-state index in [1.54, 1.807) is 0 Å². The Balaban J connectivity index is 1.85. The second-order valence-electron chi connectivity index (χ2n) is 3.36. The summed E-state index contributed by atoms with van der Waals surface area (Å²) in [5.74, 6) is 1.24. The van der Waals surface area contributed by atoms with Crippen LogP contribution in [0.15, 0.2) is 0 Å². The SMILES string of the molecule is CC1NNCC1CNc1nsnc1Cl. The van der Waals surface area contributed by atoms with E-state index in [1.165, 1.54) is 0 Å². The van der Waals surface area contributed by atoms with Gasteiger partial charge in [0.1, 0.15) is 0 Å². The first kappa shape index (κ1) is 10.1. The van der Waals surface area contributed by atoms with Crippen LogP contribution < -0.4 is 16.2 Å². The zero-order valence-electron chi connectivity index (χ0n) is 7.75. The number of rotatable bonds is 3. The van der Waals surface area contributed by atoms with Gasteiger partial charge in [-0.15, -0.1) is 0 Å². The molecule has 1 aromatic heterocycles. The molecule has 1 aromatic rings. The Bertz CT molecular complexity index is 304. The predicted octanol–water partition coefficient (Wildman–Crippen LogP) is 0.716. The molecule has 2 atom stereocenters. The molecule has 5 nitrogen and oxygen atoms in total. The van der Waals surface area contributed by atoms with Crippen molar-refractivity contribution in [1.82, 2.24) is 19.6 Å². The van der Waals surface area contributed by atoms with Gasteiger partial charge in [0.05, 0.1) is 11.7 Å². The highest BCUT2D eigenvalue weighted by molar-refractivity contribution is 6.99. The number of hydrogen-bond acceptors (Lipinski definition) is 6. The van der Waals surface area contributed by atoms with E-state index in [2.05, 4.69) is 31.8 Å². The van der Waals surface area contributed by atoms with Crippen LogP contribution in [0.25, 0.3) is 0 Å². The third-order valence-corrected chi connectivity index (χ3v) is 3.27. The minimum Gasteiger partial charge on any atom is -0.366 e. The molecule has 1 aliphatic rings. The largest absolute Gasteiger partial charge is 0.366 e. The van der Waals surface area contributed by atoms with Gasteiger partial charge in [-0.1, -0.05) is 11.6 Å². The summed E-state index contributed by atoms with van der Waals surface area (Å²) in [5, 5.41) is 3.65. The van der Waals surface area contributed by atoms with Crippen LogP contribution in [0.3, 0.4) is 0 Å². The van der Waals surface area contributed by atoms with Crippen molar-refractivity contribution >= 4 is 29.1 Å². The van der Waals surface area contributed by atoms with Gasteiger partial charge in [-0.25, -0.2) is 0 Å². The van der Waals surface area contributed by atoms with E-state index in [-0.39, 0.29) is 0 Å². The van der Waals surface area contributed by atoms with E-state index < -0.39 is 0 Å². The Hall–Kier alpha value is -0.430. The van der Waals surface area contributed by atoms with Crippen LogP contribution >= 0.6 is 23.3 Å². The molecule has 3 N–H and O–H groups in total. The monoisotopic (exact) mass is 233 g/mol. The summed E-state index contributed by atoms with van der Waals surface area (Å²) < 4.78 is 7.93. The fourth-order valence-corrected chi connectivity index (χ4v) is 2.09. The standard InChI is InChI=1S/C7H12ClN5S/c1-4-5(3-10-11-4)2-9-7-6(8)12-14-13-7/h4-5,10-11H,2-3H2,1H3,(H,9,13). The number of aromatic nitrogens is 2. The van der Waals surface area contributed by atoms with Crippen LogP contribution in [-0.2, 0) is 0 Å². The summed E-state index contributed by atoms with van der Waals surface area (Å²) in [5.41, 5.74) is 6.27. The van der Waals surface area contributed by atoms with Crippen molar-refractivity contribution < 1.29 is 0 Å². The first-order valence-corrected chi connectivity index (χ1v) is 5.58. The molecule has 0 bridgehead atoms. The lowest BCUT2D eigenvalue weighted by Gasteiger charge is -2.13. The Morgan fingerprint density at radius 3 is 3.07 bits per heavy atom. The molecule has 0 spiro atoms. The summed E-state index contributed by atoms with van der Waals surface area (Å²) in [6.07, 6.45) is 0. The quantitative estimate of drug-likeness (QED) is 0.718. The molecule has 2 heterocycles. The molecule has 2 rings (SSSR count). The lowest BCUT2D eigenvalue weighted by atomic mass is 10.0. The van der Waals surface area contributed by atoms with Crippen LogP contribution in [0.1, 0.15) is 6.92 Å². The van der Waals surface area contributed by atoms with Gasteiger partial charge in [0.25, 0.3) is 0 Å². The molecular weight excluding hydrogens is 222 g/mol. The molecule has 1 aliphatic heterocycles. The van der Waals surface area contributed by atoms with Crippen molar-refractivity contribution in [2.45, 2.75) is 13.0 Å². The highest BCUT2D eigenvalue weighted by Gasteiger charge is 2.22. The van der Waals surface area contributed by atoms with Crippen molar-refractivity contribution in [3.8, 4) is 0 Å². The van der Waals surface area contributed by atoms with E-state index in [4.69, 9.17) is 11.6 Å². The van der Waals surface area contributed by atoms with Gasteiger partial charge in [-0.2, -0.15) is 8.75 Å². The average Bonchev–Trinajstić information content (AvgIpc) is 2.72. The lowest BCUT2D eigenvalue weighted by molar-refractivity contribution is 0.509. The second-order valence-corrected chi connectivity index (χ2v) is 4.24. The second kappa shape index (κ2) is 4.39. The fourth-order valence-electron chi connectivity index (χ4n) is 1.41. The van der Waals surface area contributed by atoms with Crippen LogP contribution in [-0.4, -0.2) is 27.9 Å². The van der Waals surface area contributed by atoms with Crippen molar-refractivity contribution in [2.24, 2.45) is 5.92 Å². The van der Waals surface area contributed by atoms with Crippen molar-refractivity contribution in [3.63, 3.8) is 0 Å². The molecule has 78 valence electrons. The zero-order valence-corrected chi connectivity index (χ0v) is 9.32. The van der Waals surface area contributed by atoms with Crippen LogP contribution in [0.4, 0.5) is 5.82 Å². The fraction of sp³-hybridized carbons (Fsp3) is 0.714. The summed E-state index contributed by atoms with van der Waals surface area (Å²) in [4.78, 5) is 0. The van der Waals surface area contributed by atoms with E-state index in [9.17, 15) is 0 Å². The van der Waals surface area contributed by atoms with Gasteiger partial charge in [-0.05, 0) is 6.92 Å². The Kier molecular flexibility index (Phi) is 3.17. The van der Waals surface area contributed by atoms with E-state index in [0.29, 0.717) is 22.9 Å². The predicted molar refractivity (Wildman–Crippen MR) is 57.5 cm³/mol. The molecule has 0 saturated carbocycles. The number of halogens is 1. The third-order valence-electron chi connectivity index (χ3n) is 2.38. The molecule has 0 aromatic carbocycles. The van der Waals surface area contributed by atoms with Gasteiger partial charge in [0, 0.05) is 25.0 Å². The minimum absolute atomic E-state index is 0.460. The first-order chi connectivity index (χ1) is 6.77. The number of anilines is 1. The Morgan fingerprint density at radius 2 is 2.50 bits per heavy atom. The van der Waals surface area contributed by atoms with Crippen LogP contribution in [0, 0.1) is 5.92 Å². The molecule has 0 radical (unpaired) electrons. The highest BCUT2D eigenvalue weighted by Crippen LogP contribution is 2.18. The summed E-state index contributed by atoms with van der Waals surface area (Å²) in [6, 6.07) is 0.466. The molecule has 0 amide bonds. The maximum Gasteiger partial charge on any atom is 0.186 e. The maximum absolute atomic E-state index is 5.80. The number of hydrogen-bond donors (Lipinski definition) is 3. The molecule has 14 heavy (non-hydrogen) atoms. The summed E-state index contributed by atoms with van der Waals surface area (Å²) >= 11 is 6.93. The van der Waals surface area contributed by atoms with Crippen molar-refractivity contribution in [1.29, 1.82) is 0 Å². The highest BCUT2D eigenvalue weighted by atomic mass is 35.5. The molecule has 1 saturated heterocycles. The lowest BCUT2D eigenvalue weighted by Crippen LogP contribution is -2.30. The van der Waals surface area contributed by atoms with Crippen molar-refractivity contribution in [3.05, 3.63) is 5.15 Å². The van der Waals surface area contributed by atoms with Gasteiger partial charge < -0.3 is 5.32 Å². The smallest absolute Gasteiger partial charge is 0.186 e. The average molecular weight is 234 g/mol. The Morgan fingerprint density at radius 1 is 1.64 bits per heavy atom. The molecule has 1 fully saturated rings. The normalized spacial score (nSPS) is 26.7. The number of nitrogens with one attached hydrogen (secondary N) is 3. The number of nitrogens with zero attached hydrogens (tertiary/aromatic N) is 2. The molecule has 7 heteroatoms. The van der Waals surface area contributed by atoms with Gasteiger partial charge >= 0.3 is 0 Å². The maximum atomic E-state index is 5.80. The first-order valence-electron chi connectivity index (χ1n) is 4.47. The zero-order chi connectivity index (χ0) is 9.97. The van der Waals surface area contributed by atoms with Gasteiger partial charge in [0.2, 0.25) is 0 Å². The Labute approximate surface area is 91.5 Å².